The summed E-state index contributed by atoms with van der Waals surface area (Å²) in [6.45, 7) is 3.91. The molecule has 6 heteroatoms. The van der Waals surface area contributed by atoms with Gasteiger partial charge in [0.2, 0.25) is 0 Å². The van der Waals surface area contributed by atoms with Crippen molar-refractivity contribution in [1.29, 1.82) is 0 Å². The highest BCUT2D eigenvalue weighted by molar-refractivity contribution is 5.83. The number of nitrogens with one attached hydrogen (secondary N) is 1. The van der Waals surface area contributed by atoms with Crippen LogP contribution in [-0.4, -0.2) is 48.1 Å². The zero-order chi connectivity index (χ0) is 12.7. The van der Waals surface area contributed by atoms with Crippen LogP contribution in [0.3, 0.4) is 0 Å². The van der Waals surface area contributed by atoms with Crippen LogP contribution in [0.5, 0.6) is 0 Å². The minimum absolute atomic E-state index is 0.0870. The van der Waals surface area contributed by atoms with Crippen LogP contribution in [0, 0.1) is 5.92 Å². The summed E-state index contributed by atoms with van der Waals surface area (Å²) in [5.41, 5.74) is 5.37. The van der Waals surface area contributed by atoms with Gasteiger partial charge in [-0.1, -0.05) is 5.16 Å². The van der Waals surface area contributed by atoms with Crippen molar-refractivity contribution in [2.24, 2.45) is 16.8 Å². The van der Waals surface area contributed by atoms with E-state index in [1.807, 2.05) is 0 Å². The maximum absolute atomic E-state index is 9.36. The summed E-state index contributed by atoms with van der Waals surface area (Å²) in [7, 11) is 0. The largest absolute Gasteiger partial charge is 0.409 e. The van der Waals surface area contributed by atoms with Crippen molar-refractivity contribution >= 4 is 5.84 Å². The molecule has 1 aliphatic carbocycles. The van der Waals surface area contributed by atoms with Crippen molar-refractivity contribution in [1.82, 2.24) is 5.32 Å². The number of ether oxygens (including phenoxy) is 1. The molecule has 0 spiro atoms. The van der Waals surface area contributed by atoms with Gasteiger partial charge in [0.25, 0.3) is 0 Å². The predicted molar refractivity (Wildman–Crippen MR) is 65.0 cm³/mol. The van der Waals surface area contributed by atoms with Gasteiger partial charge in [0.15, 0.2) is 5.84 Å². The van der Waals surface area contributed by atoms with Gasteiger partial charge in [-0.2, -0.15) is 0 Å². The minimum atomic E-state index is -0.366. The van der Waals surface area contributed by atoms with Gasteiger partial charge in [0, 0.05) is 6.54 Å². The normalized spacial score (nSPS) is 27.3. The standard InChI is InChI=1S/C11H23N3O3/c1-8(11(12)14-16)17-5-4-13-7-9-2-3-10(15)6-9/h8-10,13,15-16H,2-7H2,1H3,(H2,12,14). The number of amidine groups is 1. The van der Waals surface area contributed by atoms with Gasteiger partial charge in [0.1, 0.15) is 6.10 Å². The molecule has 0 aliphatic heterocycles. The summed E-state index contributed by atoms with van der Waals surface area (Å²) in [6.07, 6.45) is 2.43. The zero-order valence-corrected chi connectivity index (χ0v) is 10.3. The van der Waals surface area contributed by atoms with Gasteiger partial charge < -0.3 is 26.1 Å². The molecule has 1 rings (SSSR count). The van der Waals surface area contributed by atoms with E-state index in [1.54, 1.807) is 6.92 Å². The van der Waals surface area contributed by atoms with Gasteiger partial charge in [-0.15, -0.1) is 0 Å². The fourth-order valence-corrected chi connectivity index (χ4v) is 2.01. The second-order valence-electron chi connectivity index (χ2n) is 4.57. The second kappa shape index (κ2) is 7.47. The average Bonchev–Trinajstić information content (AvgIpc) is 2.73. The number of aliphatic hydroxyl groups is 1. The monoisotopic (exact) mass is 245 g/mol. The van der Waals surface area contributed by atoms with Gasteiger partial charge in [-0.3, -0.25) is 0 Å². The number of oxime groups is 1. The molecule has 3 atom stereocenters. The molecule has 100 valence electrons. The number of nitrogens with two attached hydrogens (primary N) is 1. The Bertz CT molecular complexity index is 248. The maximum atomic E-state index is 9.36. The number of nitrogens with zero attached hydrogens (tertiary/aromatic N) is 1. The van der Waals surface area contributed by atoms with Crippen molar-refractivity contribution in [3.63, 3.8) is 0 Å². The third-order valence-electron chi connectivity index (χ3n) is 3.13. The Hall–Kier alpha value is -0.850. The Labute approximate surface area is 102 Å². The summed E-state index contributed by atoms with van der Waals surface area (Å²) in [6, 6.07) is 0. The molecule has 3 unspecified atom stereocenters. The van der Waals surface area contributed by atoms with Crippen LogP contribution in [0.4, 0.5) is 0 Å². The highest BCUT2D eigenvalue weighted by Gasteiger charge is 2.21. The van der Waals surface area contributed by atoms with Crippen LogP contribution in [0.25, 0.3) is 0 Å². The molecule has 0 heterocycles. The van der Waals surface area contributed by atoms with Crippen LogP contribution in [-0.2, 0) is 4.74 Å². The summed E-state index contributed by atoms with van der Waals surface area (Å²) in [4.78, 5) is 0. The molecule has 6 nitrogen and oxygen atoms in total. The minimum Gasteiger partial charge on any atom is -0.409 e. The first-order valence-electron chi connectivity index (χ1n) is 6.11. The molecule has 1 aliphatic rings. The van der Waals surface area contributed by atoms with Crippen molar-refractivity contribution in [3.8, 4) is 0 Å². The number of hydrogen-bond donors (Lipinski definition) is 4. The van der Waals surface area contributed by atoms with E-state index in [0.717, 1.165) is 32.4 Å². The fourth-order valence-electron chi connectivity index (χ4n) is 2.01. The molecule has 5 N–H and O–H groups in total. The fraction of sp³-hybridized carbons (Fsp3) is 0.909. The van der Waals surface area contributed by atoms with E-state index in [1.165, 1.54) is 0 Å². The molecular weight excluding hydrogens is 222 g/mol. The molecule has 1 saturated carbocycles. The topological polar surface area (TPSA) is 100 Å². The highest BCUT2D eigenvalue weighted by Crippen LogP contribution is 2.24. The molecule has 0 saturated heterocycles. The average molecular weight is 245 g/mol. The van der Waals surface area contributed by atoms with E-state index in [-0.39, 0.29) is 18.0 Å². The lowest BCUT2D eigenvalue weighted by Gasteiger charge is -2.13. The molecule has 0 aromatic heterocycles. The van der Waals surface area contributed by atoms with Crippen molar-refractivity contribution < 1.29 is 15.1 Å². The van der Waals surface area contributed by atoms with E-state index in [9.17, 15) is 5.11 Å². The van der Waals surface area contributed by atoms with Gasteiger partial charge in [0.05, 0.1) is 12.7 Å². The third-order valence-corrected chi connectivity index (χ3v) is 3.13. The van der Waals surface area contributed by atoms with Crippen LogP contribution in [0.15, 0.2) is 5.16 Å². The molecule has 0 bridgehead atoms. The maximum Gasteiger partial charge on any atom is 0.168 e. The van der Waals surface area contributed by atoms with Crippen LogP contribution >= 0.6 is 0 Å². The van der Waals surface area contributed by atoms with Crippen molar-refractivity contribution in [2.75, 3.05) is 19.7 Å². The zero-order valence-electron chi connectivity index (χ0n) is 10.3. The molecule has 0 radical (unpaired) electrons. The van der Waals surface area contributed by atoms with Gasteiger partial charge >= 0.3 is 0 Å². The lowest BCUT2D eigenvalue weighted by molar-refractivity contribution is 0.107. The summed E-state index contributed by atoms with van der Waals surface area (Å²) >= 11 is 0. The Morgan fingerprint density at radius 1 is 1.59 bits per heavy atom. The summed E-state index contributed by atoms with van der Waals surface area (Å²) in [5.74, 6) is 0.662. The van der Waals surface area contributed by atoms with Crippen molar-refractivity contribution in [3.05, 3.63) is 0 Å². The molecule has 0 amide bonds. The van der Waals surface area contributed by atoms with E-state index in [0.29, 0.717) is 12.5 Å². The summed E-state index contributed by atoms with van der Waals surface area (Å²) in [5, 5.41) is 23.9. The lowest BCUT2D eigenvalue weighted by atomic mass is 10.1. The first-order valence-corrected chi connectivity index (χ1v) is 6.11. The second-order valence-corrected chi connectivity index (χ2v) is 4.57. The SMILES string of the molecule is CC(OCCNCC1CCC(O)C1)C(N)=NO. The summed E-state index contributed by atoms with van der Waals surface area (Å²) < 4.78 is 5.35. The van der Waals surface area contributed by atoms with E-state index in [4.69, 9.17) is 15.7 Å². The quantitative estimate of drug-likeness (QED) is 0.165. The number of hydrogen-bond acceptors (Lipinski definition) is 5. The van der Waals surface area contributed by atoms with Gasteiger partial charge in [-0.25, -0.2) is 0 Å². The first kappa shape index (κ1) is 14.2. The van der Waals surface area contributed by atoms with E-state index >= 15 is 0 Å². The Balaban J connectivity index is 1.98. The van der Waals surface area contributed by atoms with Crippen molar-refractivity contribution in [2.45, 2.75) is 38.4 Å². The Kier molecular flexibility index (Phi) is 6.25. The van der Waals surface area contributed by atoms with Crippen LogP contribution in [0.2, 0.25) is 0 Å². The third kappa shape index (κ3) is 5.34. The highest BCUT2D eigenvalue weighted by atomic mass is 16.5. The predicted octanol–water partition coefficient (Wildman–Crippen LogP) is -0.111. The Morgan fingerprint density at radius 3 is 2.94 bits per heavy atom. The lowest BCUT2D eigenvalue weighted by Crippen LogP contribution is -2.32. The molecular formula is C11H23N3O3. The molecule has 0 aromatic rings. The van der Waals surface area contributed by atoms with E-state index < -0.39 is 0 Å². The molecule has 1 fully saturated rings. The number of rotatable bonds is 7. The van der Waals surface area contributed by atoms with E-state index in [2.05, 4.69) is 10.5 Å². The molecule has 0 aromatic carbocycles. The molecule has 17 heavy (non-hydrogen) atoms. The van der Waals surface area contributed by atoms with Gasteiger partial charge in [-0.05, 0) is 38.6 Å². The number of aliphatic hydroxyl groups excluding tert-OH is 1. The Morgan fingerprint density at radius 2 is 2.35 bits per heavy atom. The smallest absolute Gasteiger partial charge is 0.168 e. The van der Waals surface area contributed by atoms with Crippen LogP contribution in [0.1, 0.15) is 26.2 Å². The first-order chi connectivity index (χ1) is 8.13. The van der Waals surface area contributed by atoms with Crippen LogP contribution < -0.4 is 11.1 Å².